The number of alkyl halides is 3. The number of carbonyl (C=O) groups is 1. The predicted octanol–water partition coefficient (Wildman–Crippen LogP) is 4.56. The highest BCUT2D eigenvalue weighted by Gasteiger charge is 2.38. The summed E-state index contributed by atoms with van der Waals surface area (Å²) in [6.07, 6.45) is 0.842. The Kier molecular flexibility index (Phi) is 7.41. The van der Waals surface area contributed by atoms with Gasteiger partial charge in [0.05, 0.1) is 35.3 Å². The van der Waals surface area contributed by atoms with Crippen LogP contribution in [-0.2, 0) is 21.1 Å². The van der Waals surface area contributed by atoms with Crippen LogP contribution in [0.25, 0.3) is 27.8 Å². The fraction of sp³-hybridized carbons (Fsp3) is 0.407. The number of halogens is 3. The molecule has 3 aromatic heterocycles. The Labute approximate surface area is 239 Å². The molecular formula is C27H29F3N6O5S. The molecule has 11 nitrogen and oxygen atoms in total. The second kappa shape index (κ2) is 10.6. The molecule has 42 heavy (non-hydrogen) atoms. The van der Waals surface area contributed by atoms with Crippen LogP contribution in [0, 0.1) is 0 Å². The zero-order chi connectivity index (χ0) is 30.4. The van der Waals surface area contributed by atoms with Crippen molar-refractivity contribution < 1.29 is 35.9 Å². The van der Waals surface area contributed by atoms with Crippen molar-refractivity contribution in [1.29, 1.82) is 0 Å². The van der Waals surface area contributed by atoms with Gasteiger partial charge in [0.25, 0.3) is 0 Å². The summed E-state index contributed by atoms with van der Waals surface area (Å²) in [6.45, 7) is 6.24. The molecule has 5 rings (SSSR count). The van der Waals surface area contributed by atoms with E-state index in [9.17, 15) is 26.4 Å². The molecule has 15 heteroatoms. The third-order valence-corrected chi connectivity index (χ3v) is 7.39. The molecule has 1 amide bonds. The molecule has 4 heterocycles. The monoisotopic (exact) mass is 606 g/mol. The van der Waals surface area contributed by atoms with E-state index in [-0.39, 0.29) is 24.0 Å². The van der Waals surface area contributed by atoms with Gasteiger partial charge in [0, 0.05) is 43.2 Å². The maximum Gasteiger partial charge on any atom is 0.573 e. The maximum atomic E-state index is 12.7. The smallest absolute Gasteiger partial charge is 0.444 e. The number of sulfone groups is 1. The Morgan fingerprint density at radius 2 is 1.79 bits per heavy atom. The minimum Gasteiger partial charge on any atom is -0.444 e. The number of rotatable bonds is 7. The zero-order valence-electron chi connectivity index (χ0n) is 23.3. The quantitative estimate of drug-likeness (QED) is 0.300. The average molecular weight is 607 g/mol. The van der Waals surface area contributed by atoms with Crippen LogP contribution < -0.4 is 4.74 Å². The number of carbonyl (C=O) groups excluding carboxylic acids is 1. The standard InChI is InChI=1S/C27H29F3N6O5S/c1-26(2,3)41-25(37)34-14-18(15-34)23-22-21(17-13-32-35(16-17)11-12-42(4,38)39)9-10-31-24(22)36(33-23)19-5-7-20(8-6-19)40-27(28,29)30/h5-10,13,16,18H,11-12,14-15H2,1-4H3. The Morgan fingerprint density at radius 1 is 1.10 bits per heavy atom. The Bertz CT molecular complexity index is 1720. The second-order valence-corrected chi connectivity index (χ2v) is 13.4. The lowest BCUT2D eigenvalue weighted by atomic mass is 9.92. The van der Waals surface area contributed by atoms with Crippen LogP contribution in [0.15, 0.2) is 48.9 Å². The number of benzene rings is 1. The predicted molar refractivity (Wildman–Crippen MR) is 147 cm³/mol. The second-order valence-electron chi connectivity index (χ2n) is 11.1. The molecule has 224 valence electrons. The normalized spacial score (nSPS) is 14.7. The lowest BCUT2D eigenvalue weighted by Crippen LogP contribution is -2.50. The molecular weight excluding hydrogens is 577 g/mol. The van der Waals surface area contributed by atoms with E-state index in [4.69, 9.17) is 9.84 Å². The van der Waals surface area contributed by atoms with E-state index >= 15 is 0 Å². The number of nitrogens with zero attached hydrogens (tertiary/aromatic N) is 6. The third kappa shape index (κ3) is 6.66. The molecule has 1 aliphatic heterocycles. The lowest BCUT2D eigenvalue weighted by Gasteiger charge is -2.39. The topological polar surface area (TPSA) is 121 Å². The molecule has 0 spiro atoms. The van der Waals surface area contributed by atoms with Crippen LogP contribution in [0.2, 0.25) is 0 Å². The summed E-state index contributed by atoms with van der Waals surface area (Å²) in [4.78, 5) is 18.7. The van der Waals surface area contributed by atoms with Gasteiger partial charge < -0.3 is 14.4 Å². The van der Waals surface area contributed by atoms with Crippen LogP contribution in [0.3, 0.4) is 0 Å². The highest BCUT2D eigenvalue weighted by atomic mass is 32.2. The van der Waals surface area contributed by atoms with E-state index in [2.05, 4.69) is 14.8 Å². The van der Waals surface area contributed by atoms with Crippen molar-refractivity contribution in [2.24, 2.45) is 0 Å². The molecule has 0 N–H and O–H groups in total. The van der Waals surface area contributed by atoms with Gasteiger partial charge in [-0.15, -0.1) is 13.2 Å². The molecule has 0 atom stereocenters. The number of aromatic nitrogens is 5. The van der Waals surface area contributed by atoms with Crippen molar-refractivity contribution in [3.63, 3.8) is 0 Å². The van der Waals surface area contributed by atoms with Crippen LogP contribution >= 0.6 is 0 Å². The Balaban J connectivity index is 1.53. The number of amides is 1. The molecule has 1 aliphatic rings. The fourth-order valence-corrected chi connectivity index (χ4v) is 5.09. The van der Waals surface area contributed by atoms with Gasteiger partial charge >= 0.3 is 12.5 Å². The zero-order valence-corrected chi connectivity index (χ0v) is 24.1. The summed E-state index contributed by atoms with van der Waals surface area (Å²) in [5.74, 6) is -0.609. The SMILES string of the molecule is CC(C)(C)OC(=O)N1CC(c2nn(-c3ccc(OC(F)(F)F)cc3)c3nccc(-c4cnn(CCS(C)(=O)=O)c4)c23)C1. The van der Waals surface area contributed by atoms with E-state index in [1.807, 2.05) is 0 Å². The number of ether oxygens (including phenoxy) is 2. The number of likely N-dealkylation sites (tertiary alicyclic amines) is 1. The van der Waals surface area contributed by atoms with E-state index in [1.54, 1.807) is 55.0 Å². The van der Waals surface area contributed by atoms with Crippen molar-refractivity contribution in [1.82, 2.24) is 29.4 Å². The summed E-state index contributed by atoms with van der Waals surface area (Å²) in [5, 5.41) is 9.82. The highest BCUT2D eigenvalue weighted by Crippen LogP contribution is 2.38. The molecule has 0 aliphatic carbocycles. The Morgan fingerprint density at radius 3 is 2.40 bits per heavy atom. The summed E-state index contributed by atoms with van der Waals surface area (Å²) >= 11 is 0. The van der Waals surface area contributed by atoms with E-state index in [0.717, 1.165) is 11.8 Å². The van der Waals surface area contributed by atoms with Gasteiger partial charge in [0.2, 0.25) is 0 Å². The molecule has 1 aromatic carbocycles. The lowest BCUT2D eigenvalue weighted by molar-refractivity contribution is -0.274. The number of pyridine rings is 1. The summed E-state index contributed by atoms with van der Waals surface area (Å²) in [5.41, 5.74) is 2.34. The third-order valence-electron chi connectivity index (χ3n) is 6.47. The van der Waals surface area contributed by atoms with E-state index < -0.39 is 27.9 Å². The number of hydrogen-bond donors (Lipinski definition) is 0. The number of aryl methyl sites for hydroxylation is 1. The van der Waals surface area contributed by atoms with Crippen LogP contribution in [0.4, 0.5) is 18.0 Å². The van der Waals surface area contributed by atoms with Crippen molar-refractivity contribution in [2.45, 2.75) is 45.2 Å². The minimum atomic E-state index is -4.82. The van der Waals surface area contributed by atoms with Crippen LogP contribution in [0.1, 0.15) is 32.4 Å². The average Bonchev–Trinajstić information content (AvgIpc) is 3.45. The summed E-state index contributed by atoms with van der Waals surface area (Å²) in [6, 6.07) is 7.07. The van der Waals surface area contributed by atoms with E-state index in [0.29, 0.717) is 41.1 Å². The molecule has 0 bridgehead atoms. The summed E-state index contributed by atoms with van der Waals surface area (Å²) < 4.78 is 73.9. The molecule has 1 saturated heterocycles. The van der Waals surface area contributed by atoms with Crippen molar-refractivity contribution in [3.05, 3.63) is 54.6 Å². The molecule has 0 unspecified atom stereocenters. The first kappa shape index (κ1) is 29.4. The molecule has 0 radical (unpaired) electrons. The van der Waals surface area contributed by atoms with Crippen molar-refractivity contribution in [2.75, 3.05) is 25.1 Å². The van der Waals surface area contributed by atoms with Gasteiger partial charge in [-0.2, -0.15) is 10.2 Å². The number of fused-ring (bicyclic) bond motifs is 1. The van der Waals surface area contributed by atoms with Crippen molar-refractivity contribution in [3.8, 4) is 22.6 Å². The van der Waals surface area contributed by atoms with Crippen LogP contribution in [-0.4, -0.2) is 81.0 Å². The fourth-order valence-electron chi connectivity index (χ4n) is 4.58. The van der Waals surface area contributed by atoms with Gasteiger partial charge in [-0.05, 0) is 56.7 Å². The number of hydrogen-bond acceptors (Lipinski definition) is 8. The van der Waals surface area contributed by atoms with Crippen LogP contribution in [0.5, 0.6) is 5.75 Å². The van der Waals surface area contributed by atoms with Crippen molar-refractivity contribution >= 4 is 27.0 Å². The van der Waals surface area contributed by atoms with Gasteiger partial charge in [0.15, 0.2) is 5.65 Å². The largest absolute Gasteiger partial charge is 0.573 e. The molecule has 0 saturated carbocycles. The molecule has 1 fully saturated rings. The first-order valence-electron chi connectivity index (χ1n) is 13.0. The molecule has 4 aromatic rings. The first-order chi connectivity index (χ1) is 19.6. The van der Waals surface area contributed by atoms with Gasteiger partial charge in [-0.25, -0.2) is 22.9 Å². The van der Waals surface area contributed by atoms with E-state index in [1.165, 1.54) is 28.9 Å². The highest BCUT2D eigenvalue weighted by molar-refractivity contribution is 7.90. The first-order valence-corrected chi connectivity index (χ1v) is 15.0. The summed E-state index contributed by atoms with van der Waals surface area (Å²) in [7, 11) is -3.19. The van der Waals surface area contributed by atoms with Gasteiger partial charge in [-0.3, -0.25) is 4.68 Å². The van der Waals surface area contributed by atoms with Gasteiger partial charge in [-0.1, -0.05) is 0 Å². The maximum absolute atomic E-state index is 12.7. The Hall–Kier alpha value is -4.14. The minimum absolute atomic E-state index is 0.0698. The van der Waals surface area contributed by atoms with Gasteiger partial charge in [0.1, 0.15) is 21.2 Å².